The van der Waals surface area contributed by atoms with Gasteiger partial charge in [-0.05, 0) is 52.0 Å². The highest BCUT2D eigenvalue weighted by Crippen LogP contribution is 2.34. The SMILES string of the molecule is Cc1noc(C)c1C(C)(C)c1nc(CN(C)S(=O)(=O)c2ccc(F)cc2)no1. The van der Waals surface area contributed by atoms with Crippen LogP contribution in [0.3, 0.4) is 0 Å². The van der Waals surface area contributed by atoms with Gasteiger partial charge in [-0.25, -0.2) is 12.8 Å². The molecule has 3 rings (SSSR count). The second-order valence-electron chi connectivity index (χ2n) is 7.05. The fourth-order valence-corrected chi connectivity index (χ4v) is 4.25. The maximum absolute atomic E-state index is 13.1. The van der Waals surface area contributed by atoms with E-state index in [0.29, 0.717) is 11.7 Å². The normalized spacial score (nSPS) is 12.7. The van der Waals surface area contributed by atoms with Gasteiger partial charge in [-0.15, -0.1) is 0 Å². The van der Waals surface area contributed by atoms with Gasteiger partial charge < -0.3 is 9.05 Å². The first-order valence-electron chi connectivity index (χ1n) is 8.52. The monoisotopic (exact) mass is 408 g/mol. The minimum absolute atomic E-state index is 0.0174. The molecular weight excluding hydrogens is 387 g/mol. The lowest BCUT2D eigenvalue weighted by molar-refractivity contribution is 0.323. The first-order chi connectivity index (χ1) is 13.0. The summed E-state index contributed by atoms with van der Waals surface area (Å²) >= 11 is 0. The highest BCUT2D eigenvalue weighted by Gasteiger charge is 2.35. The molecule has 0 amide bonds. The molecule has 3 aromatic rings. The molecule has 8 nitrogen and oxygen atoms in total. The second-order valence-corrected chi connectivity index (χ2v) is 9.10. The molecule has 0 N–H and O–H groups in total. The Hall–Kier alpha value is -2.59. The van der Waals surface area contributed by atoms with Crippen molar-refractivity contribution in [3.63, 3.8) is 0 Å². The molecule has 0 saturated heterocycles. The van der Waals surface area contributed by atoms with Crippen LogP contribution in [0.25, 0.3) is 0 Å². The highest BCUT2D eigenvalue weighted by molar-refractivity contribution is 7.89. The molecule has 0 unspecified atom stereocenters. The molecule has 0 fully saturated rings. The molecule has 28 heavy (non-hydrogen) atoms. The largest absolute Gasteiger partial charge is 0.361 e. The number of aromatic nitrogens is 3. The van der Waals surface area contributed by atoms with Crippen LogP contribution in [0, 0.1) is 19.7 Å². The summed E-state index contributed by atoms with van der Waals surface area (Å²) in [4.78, 5) is 4.35. The molecule has 0 aliphatic carbocycles. The van der Waals surface area contributed by atoms with E-state index in [1.54, 1.807) is 6.92 Å². The smallest absolute Gasteiger partial charge is 0.243 e. The molecule has 150 valence electrons. The molecule has 0 aliphatic heterocycles. The van der Waals surface area contributed by atoms with Gasteiger partial charge in [-0.2, -0.15) is 9.29 Å². The summed E-state index contributed by atoms with van der Waals surface area (Å²) in [6.45, 7) is 7.33. The van der Waals surface area contributed by atoms with Crippen LogP contribution in [0.15, 0.2) is 38.2 Å². The second kappa shape index (κ2) is 7.10. The zero-order valence-electron chi connectivity index (χ0n) is 16.2. The quantitative estimate of drug-likeness (QED) is 0.618. The Morgan fingerprint density at radius 3 is 2.32 bits per heavy atom. The minimum atomic E-state index is -3.82. The van der Waals surface area contributed by atoms with E-state index in [-0.39, 0.29) is 17.3 Å². The van der Waals surface area contributed by atoms with Crippen LogP contribution in [0.4, 0.5) is 4.39 Å². The van der Waals surface area contributed by atoms with Gasteiger partial charge in [0.15, 0.2) is 5.82 Å². The highest BCUT2D eigenvalue weighted by atomic mass is 32.2. The lowest BCUT2D eigenvalue weighted by Gasteiger charge is -2.19. The van der Waals surface area contributed by atoms with E-state index in [0.717, 1.165) is 27.7 Å². The minimum Gasteiger partial charge on any atom is -0.361 e. The predicted octanol–water partition coefficient (Wildman–Crippen LogP) is 2.96. The van der Waals surface area contributed by atoms with Gasteiger partial charge in [0, 0.05) is 12.6 Å². The molecule has 0 radical (unpaired) electrons. The van der Waals surface area contributed by atoms with Crippen molar-refractivity contribution in [2.24, 2.45) is 0 Å². The van der Waals surface area contributed by atoms with Crippen LogP contribution >= 0.6 is 0 Å². The summed E-state index contributed by atoms with van der Waals surface area (Å²) < 4.78 is 50.0. The summed E-state index contributed by atoms with van der Waals surface area (Å²) in [5.41, 5.74) is 0.904. The van der Waals surface area contributed by atoms with Crippen molar-refractivity contribution >= 4 is 10.0 Å². The standard InChI is InChI=1S/C18H21FN4O4S/c1-11-16(12(2)26-21-11)18(3,4)17-20-15(22-27-17)10-23(5)28(24,25)14-8-6-13(19)7-9-14/h6-9H,10H2,1-5H3. The van der Waals surface area contributed by atoms with Gasteiger partial charge in [-0.1, -0.05) is 10.3 Å². The van der Waals surface area contributed by atoms with E-state index in [9.17, 15) is 12.8 Å². The van der Waals surface area contributed by atoms with E-state index >= 15 is 0 Å². The van der Waals surface area contributed by atoms with E-state index in [4.69, 9.17) is 9.05 Å². The molecule has 2 heterocycles. The molecular formula is C18H21FN4O4S. The fraction of sp³-hybridized carbons (Fsp3) is 0.389. The Morgan fingerprint density at radius 2 is 1.75 bits per heavy atom. The van der Waals surface area contributed by atoms with E-state index in [2.05, 4.69) is 15.3 Å². The van der Waals surface area contributed by atoms with E-state index in [1.807, 2.05) is 20.8 Å². The molecule has 1 aromatic carbocycles. The van der Waals surface area contributed by atoms with Gasteiger partial charge in [0.2, 0.25) is 15.9 Å². The van der Waals surface area contributed by atoms with E-state index in [1.165, 1.54) is 19.2 Å². The Bertz CT molecular complexity index is 1070. The summed E-state index contributed by atoms with van der Waals surface area (Å²) in [7, 11) is -2.42. The van der Waals surface area contributed by atoms with Crippen LogP contribution < -0.4 is 0 Å². The first-order valence-corrected chi connectivity index (χ1v) is 9.96. The Kier molecular flexibility index (Phi) is 5.11. The van der Waals surface area contributed by atoms with Gasteiger partial charge in [0.1, 0.15) is 11.6 Å². The van der Waals surface area contributed by atoms with Crippen molar-refractivity contribution in [2.75, 3.05) is 7.05 Å². The topological polar surface area (TPSA) is 102 Å². The third kappa shape index (κ3) is 3.57. The number of rotatable bonds is 6. The zero-order chi connectivity index (χ0) is 20.7. The third-order valence-electron chi connectivity index (χ3n) is 4.55. The van der Waals surface area contributed by atoms with Gasteiger partial charge >= 0.3 is 0 Å². The van der Waals surface area contributed by atoms with Crippen LogP contribution in [0.5, 0.6) is 0 Å². The molecule has 0 aliphatic rings. The van der Waals surface area contributed by atoms with Crippen LogP contribution in [-0.4, -0.2) is 35.1 Å². The zero-order valence-corrected chi connectivity index (χ0v) is 17.0. The Labute approximate surface area is 162 Å². The number of halogens is 1. The van der Waals surface area contributed by atoms with Gasteiger partial charge in [0.25, 0.3) is 0 Å². The number of benzene rings is 1. The number of sulfonamides is 1. The average Bonchev–Trinajstić information content (AvgIpc) is 3.22. The lowest BCUT2D eigenvalue weighted by atomic mass is 9.83. The molecule has 0 bridgehead atoms. The van der Waals surface area contributed by atoms with Crippen molar-refractivity contribution in [3.8, 4) is 0 Å². The van der Waals surface area contributed by atoms with Gasteiger partial charge in [0.05, 0.1) is 22.5 Å². The van der Waals surface area contributed by atoms with Crippen molar-refractivity contribution in [3.05, 3.63) is 58.8 Å². The maximum Gasteiger partial charge on any atom is 0.243 e. The Balaban J connectivity index is 1.83. The lowest BCUT2D eigenvalue weighted by Crippen LogP contribution is -2.27. The van der Waals surface area contributed by atoms with Crippen molar-refractivity contribution in [1.29, 1.82) is 0 Å². The molecule has 0 spiro atoms. The summed E-state index contributed by atoms with van der Waals surface area (Å²) in [6.07, 6.45) is 0. The Morgan fingerprint density at radius 1 is 1.11 bits per heavy atom. The van der Waals surface area contributed by atoms with Crippen molar-refractivity contribution < 1.29 is 21.9 Å². The average molecular weight is 408 g/mol. The summed E-state index contributed by atoms with van der Waals surface area (Å²) in [5, 5.41) is 7.87. The van der Waals surface area contributed by atoms with Crippen molar-refractivity contribution in [2.45, 2.75) is 44.6 Å². The predicted molar refractivity (Wildman–Crippen MR) is 97.5 cm³/mol. The maximum atomic E-state index is 13.1. The van der Waals surface area contributed by atoms with Crippen LogP contribution in [0.1, 0.15) is 42.6 Å². The van der Waals surface area contributed by atoms with E-state index < -0.39 is 21.3 Å². The molecule has 0 atom stereocenters. The third-order valence-corrected chi connectivity index (χ3v) is 6.36. The van der Waals surface area contributed by atoms with Gasteiger partial charge in [-0.3, -0.25) is 0 Å². The number of hydrogen-bond acceptors (Lipinski definition) is 7. The molecule has 10 heteroatoms. The summed E-state index contributed by atoms with van der Waals surface area (Å²) in [5.74, 6) is 0.678. The fourth-order valence-electron chi connectivity index (χ4n) is 3.12. The first kappa shape index (κ1) is 20.2. The molecule has 2 aromatic heterocycles. The number of aryl methyl sites for hydroxylation is 2. The number of nitrogens with zero attached hydrogens (tertiary/aromatic N) is 4. The van der Waals surface area contributed by atoms with Crippen molar-refractivity contribution in [1.82, 2.24) is 19.6 Å². The molecule has 0 saturated carbocycles. The van der Waals surface area contributed by atoms with Crippen LogP contribution in [0.2, 0.25) is 0 Å². The summed E-state index contributed by atoms with van der Waals surface area (Å²) in [6, 6.07) is 4.62. The van der Waals surface area contributed by atoms with Crippen LogP contribution in [-0.2, 0) is 22.0 Å². The number of hydrogen-bond donors (Lipinski definition) is 0.